The smallest absolute Gasteiger partial charge is 0.182 e. The second-order valence-electron chi connectivity index (χ2n) is 4.20. The van der Waals surface area contributed by atoms with Gasteiger partial charge in [0.05, 0.1) is 10.6 Å². The first-order valence-corrected chi connectivity index (χ1v) is 7.88. The average Bonchev–Trinajstić information content (AvgIpc) is 2.99. The third-order valence-electron chi connectivity index (χ3n) is 2.89. The van der Waals surface area contributed by atoms with Crippen molar-refractivity contribution in [2.75, 3.05) is 5.75 Å². The summed E-state index contributed by atoms with van der Waals surface area (Å²) in [5.74, 6) is 0.701. The number of thioether (sulfide) groups is 1. The van der Waals surface area contributed by atoms with E-state index in [0.29, 0.717) is 5.75 Å². The van der Waals surface area contributed by atoms with Crippen LogP contribution in [0.2, 0.25) is 0 Å². The lowest BCUT2D eigenvalue weighted by Crippen LogP contribution is -1.98. The molecule has 1 nitrogen and oxygen atoms in total. The SMILES string of the molecule is O=C(CSc1ccc2ccccc2c1)c1cccs1. The van der Waals surface area contributed by atoms with Crippen LogP contribution in [-0.4, -0.2) is 11.5 Å². The number of fused-ring (bicyclic) bond motifs is 1. The second-order valence-corrected chi connectivity index (χ2v) is 6.19. The molecule has 19 heavy (non-hydrogen) atoms. The van der Waals surface area contributed by atoms with Crippen LogP contribution >= 0.6 is 23.1 Å². The van der Waals surface area contributed by atoms with Gasteiger partial charge in [0.1, 0.15) is 0 Å². The van der Waals surface area contributed by atoms with Crippen LogP contribution in [0, 0.1) is 0 Å². The number of carbonyl (C=O) groups is 1. The van der Waals surface area contributed by atoms with Gasteiger partial charge in [-0.2, -0.15) is 0 Å². The van der Waals surface area contributed by atoms with E-state index in [1.54, 1.807) is 11.8 Å². The molecule has 0 radical (unpaired) electrons. The Morgan fingerprint density at radius 2 is 1.84 bits per heavy atom. The van der Waals surface area contributed by atoms with E-state index in [2.05, 4.69) is 30.3 Å². The lowest BCUT2D eigenvalue weighted by Gasteiger charge is -2.02. The van der Waals surface area contributed by atoms with Gasteiger partial charge in [-0.3, -0.25) is 4.79 Å². The minimum Gasteiger partial charge on any atom is -0.292 e. The lowest BCUT2D eigenvalue weighted by molar-refractivity contribution is 0.102. The maximum absolute atomic E-state index is 11.9. The first-order chi connectivity index (χ1) is 9.33. The van der Waals surface area contributed by atoms with Crippen LogP contribution in [0.3, 0.4) is 0 Å². The zero-order valence-electron chi connectivity index (χ0n) is 10.2. The molecule has 0 bridgehead atoms. The standard InChI is InChI=1S/C16H12OS2/c17-15(16-6-3-9-18-16)11-19-14-8-7-12-4-1-2-5-13(12)10-14/h1-10H,11H2. The minimum absolute atomic E-state index is 0.202. The van der Waals surface area contributed by atoms with Crippen LogP contribution in [0.1, 0.15) is 9.67 Å². The number of Topliss-reactive ketones (excluding diaryl/α,β-unsaturated/α-hetero) is 1. The molecule has 1 aromatic heterocycles. The van der Waals surface area contributed by atoms with E-state index in [4.69, 9.17) is 0 Å². The Morgan fingerprint density at radius 1 is 1.00 bits per heavy atom. The molecule has 94 valence electrons. The van der Waals surface area contributed by atoms with Crippen molar-refractivity contribution in [2.45, 2.75) is 4.90 Å². The van der Waals surface area contributed by atoms with Crippen LogP contribution in [0.4, 0.5) is 0 Å². The highest BCUT2D eigenvalue weighted by Crippen LogP contribution is 2.24. The summed E-state index contributed by atoms with van der Waals surface area (Å²) in [6.07, 6.45) is 0. The lowest BCUT2D eigenvalue weighted by atomic mass is 10.1. The molecule has 0 aliphatic heterocycles. The summed E-state index contributed by atoms with van der Waals surface area (Å²) in [6.45, 7) is 0. The summed E-state index contributed by atoms with van der Waals surface area (Å²) in [5, 5.41) is 4.39. The summed E-state index contributed by atoms with van der Waals surface area (Å²) >= 11 is 3.10. The maximum Gasteiger partial charge on any atom is 0.182 e. The monoisotopic (exact) mass is 284 g/mol. The zero-order valence-corrected chi connectivity index (χ0v) is 11.8. The van der Waals surface area contributed by atoms with Crippen LogP contribution in [0.5, 0.6) is 0 Å². The van der Waals surface area contributed by atoms with Gasteiger partial charge < -0.3 is 0 Å². The summed E-state index contributed by atoms with van der Waals surface area (Å²) < 4.78 is 0. The van der Waals surface area contributed by atoms with Gasteiger partial charge in [-0.15, -0.1) is 23.1 Å². The van der Waals surface area contributed by atoms with E-state index in [9.17, 15) is 4.79 Å². The predicted octanol–water partition coefficient (Wildman–Crippen LogP) is 4.88. The van der Waals surface area contributed by atoms with Crippen molar-refractivity contribution in [3.05, 3.63) is 64.9 Å². The maximum atomic E-state index is 11.9. The van der Waals surface area contributed by atoms with Crippen molar-refractivity contribution >= 4 is 39.7 Å². The predicted molar refractivity (Wildman–Crippen MR) is 83.3 cm³/mol. The molecule has 2 aromatic carbocycles. The Bertz CT molecular complexity index is 702. The molecule has 0 amide bonds. The Morgan fingerprint density at radius 3 is 2.63 bits per heavy atom. The highest BCUT2D eigenvalue weighted by molar-refractivity contribution is 8.00. The molecule has 3 heteroatoms. The molecule has 0 N–H and O–H groups in total. The van der Waals surface area contributed by atoms with Gasteiger partial charge in [0.25, 0.3) is 0 Å². The summed E-state index contributed by atoms with van der Waals surface area (Å²) in [5.41, 5.74) is 0. The minimum atomic E-state index is 0.202. The first-order valence-electron chi connectivity index (χ1n) is 6.01. The third-order valence-corrected chi connectivity index (χ3v) is 4.79. The summed E-state index contributed by atoms with van der Waals surface area (Å²) in [6, 6.07) is 18.4. The molecule has 0 saturated heterocycles. The molecule has 0 fully saturated rings. The molecule has 0 atom stereocenters. The molecule has 3 rings (SSSR count). The average molecular weight is 284 g/mol. The first kappa shape index (κ1) is 12.5. The normalized spacial score (nSPS) is 10.7. The Kier molecular flexibility index (Phi) is 3.67. The summed E-state index contributed by atoms with van der Waals surface area (Å²) in [4.78, 5) is 13.9. The van der Waals surface area contributed by atoms with E-state index >= 15 is 0 Å². The fraction of sp³-hybridized carbons (Fsp3) is 0.0625. The molecule has 3 aromatic rings. The van der Waals surface area contributed by atoms with Gasteiger partial charge in [-0.25, -0.2) is 0 Å². The van der Waals surface area contributed by atoms with Crippen molar-refractivity contribution in [2.24, 2.45) is 0 Å². The van der Waals surface area contributed by atoms with Gasteiger partial charge in [0, 0.05) is 4.90 Å². The molecule has 0 aliphatic carbocycles. The van der Waals surface area contributed by atoms with Gasteiger partial charge in [0.15, 0.2) is 5.78 Å². The Hall–Kier alpha value is -1.58. The largest absolute Gasteiger partial charge is 0.292 e. The van der Waals surface area contributed by atoms with Crippen LogP contribution < -0.4 is 0 Å². The molecule has 0 saturated carbocycles. The van der Waals surface area contributed by atoms with Crippen molar-refractivity contribution in [1.29, 1.82) is 0 Å². The Balaban J connectivity index is 1.73. The molecule has 0 spiro atoms. The number of carbonyl (C=O) groups excluding carboxylic acids is 1. The number of hydrogen-bond donors (Lipinski definition) is 0. The molecule has 0 aliphatic rings. The van der Waals surface area contributed by atoms with Gasteiger partial charge >= 0.3 is 0 Å². The highest BCUT2D eigenvalue weighted by atomic mass is 32.2. The van der Waals surface area contributed by atoms with Crippen LogP contribution in [0.25, 0.3) is 10.8 Å². The van der Waals surface area contributed by atoms with Crippen molar-refractivity contribution in [1.82, 2.24) is 0 Å². The molecular formula is C16H12OS2. The number of thiophene rings is 1. The third kappa shape index (κ3) is 2.88. The van der Waals surface area contributed by atoms with Crippen molar-refractivity contribution in [3.8, 4) is 0 Å². The van der Waals surface area contributed by atoms with E-state index in [1.807, 2.05) is 29.6 Å². The van der Waals surface area contributed by atoms with Gasteiger partial charge in [-0.1, -0.05) is 36.4 Å². The van der Waals surface area contributed by atoms with Gasteiger partial charge in [0.2, 0.25) is 0 Å². The van der Waals surface area contributed by atoms with E-state index in [1.165, 1.54) is 22.1 Å². The highest BCUT2D eigenvalue weighted by Gasteiger charge is 2.07. The zero-order chi connectivity index (χ0) is 13.1. The van der Waals surface area contributed by atoms with Crippen molar-refractivity contribution < 1.29 is 4.79 Å². The fourth-order valence-electron chi connectivity index (χ4n) is 1.91. The quantitative estimate of drug-likeness (QED) is 0.502. The van der Waals surface area contributed by atoms with E-state index in [-0.39, 0.29) is 5.78 Å². The van der Waals surface area contributed by atoms with E-state index in [0.717, 1.165) is 9.77 Å². The topological polar surface area (TPSA) is 17.1 Å². The Labute approximate surface area is 120 Å². The van der Waals surface area contributed by atoms with Gasteiger partial charge in [-0.05, 0) is 34.4 Å². The number of ketones is 1. The van der Waals surface area contributed by atoms with Crippen LogP contribution in [0.15, 0.2) is 64.9 Å². The fourth-order valence-corrected chi connectivity index (χ4v) is 3.50. The molecule has 0 unspecified atom stereocenters. The van der Waals surface area contributed by atoms with Crippen LogP contribution in [-0.2, 0) is 0 Å². The molecule has 1 heterocycles. The molecular weight excluding hydrogens is 272 g/mol. The number of hydrogen-bond acceptors (Lipinski definition) is 3. The number of rotatable bonds is 4. The van der Waals surface area contributed by atoms with E-state index < -0.39 is 0 Å². The summed E-state index contributed by atoms with van der Waals surface area (Å²) in [7, 11) is 0. The second kappa shape index (κ2) is 5.59. The van der Waals surface area contributed by atoms with Crippen molar-refractivity contribution in [3.63, 3.8) is 0 Å². The number of benzene rings is 2.